The molecular formula is C21H27ClN6O3S. The molecule has 2 N–H and O–H groups in total. The zero-order valence-corrected chi connectivity index (χ0v) is 19.7. The minimum absolute atomic E-state index is 0.106. The first-order valence-corrected chi connectivity index (χ1v) is 12.1. The number of ether oxygens (including phenoxy) is 1. The van der Waals surface area contributed by atoms with Gasteiger partial charge in [0.05, 0.1) is 18.4 Å². The number of hydrogen-bond donors (Lipinski definition) is 2. The molecule has 1 aliphatic heterocycles. The molecule has 2 aromatic rings. The predicted molar refractivity (Wildman–Crippen MR) is 123 cm³/mol. The first kappa shape index (κ1) is 22.7. The van der Waals surface area contributed by atoms with Crippen molar-refractivity contribution in [1.82, 2.24) is 25.6 Å². The number of methoxy groups -OCH3 is 1. The van der Waals surface area contributed by atoms with Gasteiger partial charge < -0.3 is 9.64 Å². The van der Waals surface area contributed by atoms with Gasteiger partial charge in [-0.05, 0) is 49.8 Å². The van der Waals surface area contributed by atoms with Gasteiger partial charge in [-0.3, -0.25) is 25.0 Å². The number of carbonyl (C=O) groups excluding carboxylic acids is 2. The van der Waals surface area contributed by atoms with E-state index in [1.807, 2.05) is 0 Å². The summed E-state index contributed by atoms with van der Waals surface area (Å²) in [7, 11) is 1.46. The molecule has 4 rings (SSSR count). The molecule has 2 amide bonds. The van der Waals surface area contributed by atoms with Crippen LogP contribution in [0.2, 0.25) is 5.02 Å². The lowest BCUT2D eigenvalue weighted by Crippen LogP contribution is -2.42. The number of halogens is 1. The van der Waals surface area contributed by atoms with Crippen molar-refractivity contribution in [1.29, 1.82) is 0 Å². The van der Waals surface area contributed by atoms with Crippen LogP contribution in [0.15, 0.2) is 23.4 Å². The molecule has 1 saturated heterocycles. The number of amides is 2. The lowest BCUT2D eigenvalue weighted by molar-refractivity contribution is -0.119. The van der Waals surface area contributed by atoms with Crippen LogP contribution < -0.4 is 20.5 Å². The quantitative estimate of drug-likeness (QED) is 0.465. The third-order valence-corrected chi connectivity index (χ3v) is 6.86. The fourth-order valence-corrected chi connectivity index (χ4v) is 4.63. The summed E-state index contributed by atoms with van der Waals surface area (Å²) in [4.78, 5) is 27.0. The number of rotatable bonds is 7. The predicted octanol–water partition coefficient (Wildman–Crippen LogP) is 3.06. The second kappa shape index (κ2) is 9.99. The molecule has 2 fully saturated rings. The van der Waals surface area contributed by atoms with Crippen LogP contribution in [0.4, 0.5) is 5.95 Å². The number of hydrazine groups is 1. The molecule has 11 heteroatoms. The zero-order chi connectivity index (χ0) is 22.7. The fourth-order valence-electron chi connectivity index (χ4n) is 3.66. The van der Waals surface area contributed by atoms with Crippen LogP contribution in [0.3, 0.4) is 0 Å². The van der Waals surface area contributed by atoms with Gasteiger partial charge in [0.15, 0.2) is 5.16 Å². The van der Waals surface area contributed by atoms with Gasteiger partial charge in [-0.2, -0.15) is 0 Å². The molecule has 172 valence electrons. The van der Waals surface area contributed by atoms with E-state index in [2.05, 4.69) is 37.4 Å². The van der Waals surface area contributed by atoms with E-state index in [0.717, 1.165) is 55.8 Å². The van der Waals surface area contributed by atoms with E-state index in [4.69, 9.17) is 16.3 Å². The van der Waals surface area contributed by atoms with Gasteiger partial charge in [0, 0.05) is 24.2 Å². The maximum Gasteiger partial charge on any atom is 0.273 e. The topological polar surface area (TPSA) is 101 Å². The smallest absolute Gasteiger partial charge is 0.273 e. The Labute approximate surface area is 196 Å². The standard InChI is InChI=1S/C21H27ClN6O3S/c1-13-7-9-27(10-8-13)20-25-26-21(28(20)15-4-5-15)32-12-18(29)23-24-19(30)16-11-14(22)3-6-17(16)31-2/h3,6,11,13,15H,4-5,7-10,12H2,1-2H3,(H,23,29)(H,24,30). The van der Waals surface area contributed by atoms with E-state index in [1.165, 1.54) is 24.9 Å². The van der Waals surface area contributed by atoms with Gasteiger partial charge in [0.25, 0.3) is 5.91 Å². The average molecular weight is 479 g/mol. The minimum Gasteiger partial charge on any atom is -0.496 e. The van der Waals surface area contributed by atoms with Gasteiger partial charge >= 0.3 is 0 Å². The molecule has 32 heavy (non-hydrogen) atoms. The molecule has 1 aliphatic carbocycles. The second-order valence-electron chi connectivity index (χ2n) is 8.19. The molecular weight excluding hydrogens is 452 g/mol. The summed E-state index contributed by atoms with van der Waals surface area (Å²) in [6, 6.07) is 5.11. The Hall–Kier alpha value is -2.46. The lowest BCUT2D eigenvalue weighted by atomic mass is 10.00. The van der Waals surface area contributed by atoms with Crippen molar-refractivity contribution < 1.29 is 14.3 Å². The minimum atomic E-state index is -0.509. The van der Waals surface area contributed by atoms with Crippen molar-refractivity contribution in [3.63, 3.8) is 0 Å². The third kappa shape index (κ3) is 5.29. The second-order valence-corrected chi connectivity index (χ2v) is 9.57. The van der Waals surface area contributed by atoms with Crippen LogP contribution in [0, 0.1) is 5.92 Å². The van der Waals surface area contributed by atoms with Crippen LogP contribution in [-0.4, -0.2) is 52.5 Å². The summed E-state index contributed by atoms with van der Waals surface area (Å²) in [5.74, 6) is 1.27. The van der Waals surface area contributed by atoms with Crippen LogP contribution in [0.5, 0.6) is 5.75 Å². The number of thioether (sulfide) groups is 1. The molecule has 9 nitrogen and oxygen atoms in total. The average Bonchev–Trinajstić information content (AvgIpc) is 3.55. The number of anilines is 1. The van der Waals surface area contributed by atoms with Gasteiger partial charge in [-0.15, -0.1) is 10.2 Å². The third-order valence-electron chi connectivity index (χ3n) is 5.68. The molecule has 0 unspecified atom stereocenters. The van der Waals surface area contributed by atoms with E-state index in [1.54, 1.807) is 12.1 Å². The van der Waals surface area contributed by atoms with Crippen molar-refractivity contribution in [2.24, 2.45) is 5.92 Å². The fraction of sp³-hybridized carbons (Fsp3) is 0.524. The SMILES string of the molecule is COc1ccc(Cl)cc1C(=O)NNC(=O)CSc1nnc(N2CCC(C)CC2)n1C1CC1. The molecule has 0 bridgehead atoms. The summed E-state index contributed by atoms with van der Waals surface area (Å²) in [6.07, 6.45) is 4.51. The van der Waals surface area contributed by atoms with Crippen LogP contribution in [0.25, 0.3) is 0 Å². The van der Waals surface area contributed by atoms with Gasteiger partial charge in [-0.25, -0.2) is 0 Å². The number of benzene rings is 1. The highest BCUT2D eigenvalue weighted by Crippen LogP contribution is 2.41. The molecule has 1 saturated carbocycles. The Balaban J connectivity index is 1.33. The summed E-state index contributed by atoms with van der Waals surface area (Å²) in [5, 5.41) is 9.92. The van der Waals surface area contributed by atoms with Crippen LogP contribution in [0.1, 0.15) is 49.0 Å². The number of hydrogen-bond acceptors (Lipinski definition) is 7. The highest BCUT2D eigenvalue weighted by molar-refractivity contribution is 7.99. The van der Waals surface area contributed by atoms with Crippen molar-refractivity contribution in [2.75, 3.05) is 30.9 Å². The molecule has 0 atom stereocenters. The normalized spacial score (nSPS) is 16.7. The van der Waals surface area contributed by atoms with Crippen molar-refractivity contribution in [3.8, 4) is 5.75 Å². The molecule has 1 aromatic heterocycles. The Morgan fingerprint density at radius 1 is 1.19 bits per heavy atom. The zero-order valence-electron chi connectivity index (χ0n) is 18.1. The van der Waals surface area contributed by atoms with Crippen molar-refractivity contribution >= 4 is 41.1 Å². The van der Waals surface area contributed by atoms with E-state index in [9.17, 15) is 9.59 Å². The van der Waals surface area contributed by atoms with E-state index in [-0.39, 0.29) is 17.2 Å². The number of aromatic nitrogens is 3. The first-order chi connectivity index (χ1) is 15.5. The molecule has 2 aliphatic rings. The number of nitrogens with zero attached hydrogens (tertiary/aromatic N) is 4. The summed E-state index contributed by atoms with van der Waals surface area (Å²) < 4.78 is 7.34. The molecule has 0 spiro atoms. The molecule has 2 heterocycles. The maximum atomic E-state index is 12.4. The highest BCUT2D eigenvalue weighted by Gasteiger charge is 2.32. The summed E-state index contributed by atoms with van der Waals surface area (Å²) in [6.45, 7) is 4.25. The first-order valence-electron chi connectivity index (χ1n) is 10.7. The van der Waals surface area contributed by atoms with Gasteiger partial charge in [-0.1, -0.05) is 30.3 Å². The monoisotopic (exact) mass is 478 g/mol. The molecule has 0 radical (unpaired) electrons. The number of piperidine rings is 1. The Morgan fingerprint density at radius 3 is 2.62 bits per heavy atom. The van der Waals surface area contributed by atoms with E-state index in [0.29, 0.717) is 16.8 Å². The lowest BCUT2D eigenvalue weighted by Gasteiger charge is -2.31. The van der Waals surface area contributed by atoms with Gasteiger partial charge in [0.1, 0.15) is 5.75 Å². The highest BCUT2D eigenvalue weighted by atomic mass is 35.5. The summed E-state index contributed by atoms with van der Waals surface area (Å²) >= 11 is 7.28. The summed E-state index contributed by atoms with van der Waals surface area (Å²) in [5.41, 5.74) is 5.08. The number of carbonyl (C=O) groups is 2. The Bertz CT molecular complexity index is 988. The molecule has 1 aromatic carbocycles. The maximum absolute atomic E-state index is 12.4. The van der Waals surface area contributed by atoms with Crippen LogP contribution in [-0.2, 0) is 4.79 Å². The van der Waals surface area contributed by atoms with Gasteiger partial charge in [0.2, 0.25) is 11.9 Å². The van der Waals surface area contributed by atoms with Crippen LogP contribution >= 0.6 is 23.4 Å². The van der Waals surface area contributed by atoms with E-state index >= 15 is 0 Å². The Morgan fingerprint density at radius 2 is 1.94 bits per heavy atom. The van der Waals surface area contributed by atoms with E-state index < -0.39 is 5.91 Å². The van der Waals surface area contributed by atoms with Crippen molar-refractivity contribution in [2.45, 2.75) is 43.8 Å². The Kier molecular flexibility index (Phi) is 7.10. The number of nitrogens with one attached hydrogen (secondary N) is 2. The largest absolute Gasteiger partial charge is 0.496 e. The van der Waals surface area contributed by atoms with Crippen molar-refractivity contribution in [3.05, 3.63) is 28.8 Å².